The van der Waals surface area contributed by atoms with Gasteiger partial charge in [0, 0.05) is 5.56 Å². The lowest BCUT2D eigenvalue weighted by Crippen LogP contribution is -2.39. The second-order valence-electron chi connectivity index (χ2n) is 5.73. The van der Waals surface area contributed by atoms with E-state index >= 15 is 0 Å². The fourth-order valence-electron chi connectivity index (χ4n) is 2.55. The number of rotatable bonds is 6. The van der Waals surface area contributed by atoms with Crippen molar-refractivity contribution in [1.82, 2.24) is 25.5 Å². The van der Waals surface area contributed by atoms with Crippen LogP contribution >= 0.6 is 0 Å². The van der Waals surface area contributed by atoms with Crippen LogP contribution in [-0.2, 0) is 6.42 Å². The van der Waals surface area contributed by atoms with Crippen LogP contribution in [0.5, 0.6) is 0 Å². The van der Waals surface area contributed by atoms with E-state index in [9.17, 15) is 9.90 Å². The monoisotopic (exact) mass is 337 g/mol. The molecule has 3 rings (SSSR count). The minimum Gasteiger partial charge on any atom is -0.394 e. The maximum Gasteiger partial charge on any atom is 0.251 e. The van der Waals surface area contributed by atoms with Crippen LogP contribution in [0.2, 0.25) is 0 Å². The molecule has 1 heterocycles. The molecule has 128 valence electrons. The molecule has 2 aromatic carbocycles. The number of aromatic nitrogens is 4. The molecule has 0 spiro atoms. The number of aryl methyl sites for hydroxylation is 1. The van der Waals surface area contributed by atoms with E-state index in [0.717, 1.165) is 11.3 Å². The van der Waals surface area contributed by atoms with Gasteiger partial charge in [-0.05, 0) is 53.6 Å². The summed E-state index contributed by atoms with van der Waals surface area (Å²) in [6.45, 7) is 1.68. The molecule has 2 N–H and O–H groups in total. The topological polar surface area (TPSA) is 92.9 Å². The Balaban J connectivity index is 1.67. The predicted octanol–water partition coefficient (Wildman–Crippen LogP) is 1.30. The summed E-state index contributed by atoms with van der Waals surface area (Å²) in [7, 11) is 0. The number of amides is 1. The second-order valence-corrected chi connectivity index (χ2v) is 5.73. The fourth-order valence-corrected chi connectivity index (χ4v) is 2.55. The minimum atomic E-state index is -0.337. The Labute approximate surface area is 145 Å². The quantitative estimate of drug-likeness (QED) is 0.707. The first-order valence-corrected chi connectivity index (χ1v) is 7.98. The minimum absolute atomic E-state index is 0.122. The number of tetrazole rings is 1. The van der Waals surface area contributed by atoms with Gasteiger partial charge in [-0.15, -0.1) is 5.10 Å². The molecule has 0 bridgehead atoms. The summed E-state index contributed by atoms with van der Waals surface area (Å²) in [5, 5.41) is 23.7. The van der Waals surface area contributed by atoms with Crippen LogP contribution in [0.1, 0.15) is 21.7 Å². The van der Waals surface area contributed by atoms with Crippen molar-refractivity contribution in [2.75, 3.05) is 6.61 Å². The molecule has 0 saturated carbocycles. The van der Waals surface area contributed by atoms with Crippen LogP contribution < -0.4 is 5.32 Å². The van der Waals surface area contributed by atoms with E-state index in [-0.39, 0.29) is 18.6 Å². The Morgan fingerprint density at radius 1 is 1.16 bits per heavy atom. The molecule has 0 aliphatic heterocycles. The summed E-state index contributed by atoms with van der Waals surface area (Å²) in [6.07, 6.45) is 0.574. The molecule has 0 aliphatic carbocycles. The molecule has 0 fully saturated rings. The van der Waals surface area contributed by atoms with Crippen LogP contribution in [0.3, 0.4) is 0 Å². The third kappa shape index (κ3) is 4.07. The third-order valence-corrected chi connectivity index (χ3v) is 3.88. The lowest BCUT2D eigenvalue weighted by Gasteiger charge is -2.16. The van der Waals surface area contributed by atoms with Crippen molar-refractivity contribution in [3.63, 3.8) is 0 Å². The summed E-state index contributed by atoms with van der Waals surface area (Å²) < 4.78 is 1.59. The number of hydrogen-bond acceptors (Lipinski definition) is 5. The highest BCUT2D eigenvalue weighted by molar-refractivity contribution is 5.94. The lowest BCUT2D eigenvalue weighted by atomic mass is 10.1. The Hall–Kier alpha value is -3.06. The smallest absolute Gasteiger partial charge is 0.251 e. The Kier molecular flexibility index (Phi) is 5.15. The Morgan fingerprint density at radius 3 is 2.48 bits per heavy atom. The van der Waals surface area contributed by atoms with Crippen LogP contribution in [0, 0.1) is 6.92 Å². The average molecular weight is 337 g/mol. The SMILES string of the molecule is Cc1nnnn1-c1ccc(C(=O)NC(CO)Cc2ccccc2)cc1. The maximum atomic E-state index is 12.4. The zero-order valence-electron chi connectivity index (χ0n) is 13.8. The Morgan fingerprint density at radius 2 is 1.88 bits per heavy atom. The summed E-state index contributed by atoms with van der Waals surface area (Å²) >= 11 is 0. The van der Waals surface area contributed by atoms with Gasteiger partial charge >= 0.3 is 0 Å². The molecule has 1 aromatic heterocycles. The highest BCUT2D eigenvalue weighted by atomic mass is 16.3. The zero-order chi connectivity index (χ0) is 17.6. The van der Waals surface area contributed by atoms with Crippen molar-refractivity contribution in [1.29, 1.82) is 0 Å². The number of carbonyl (C=O) groups excluding carboxylic acids is 1. The van der Waals surface area contributed by atoms with E-state index < -0.39 is 0 Å². The van der Waals surface area contributed by atoms with Gasteiger partial charge < -0.3 is 10.4 Å². The first kappa shape index (κ1) is 16.8. The van der Waals surface area contributed by atoms with E-state index in [2.05, 4.69) is 20.8 Å². The summed E-state index contributed by atoms with van der Waals surface area (Å²) in [5.41, 5.74) is 2.36. The van der Waals surface area contributed by atoms with Crippen molar-refractivity contribution >= 4 is 5.91 Å². The Bertz CT molecular complexity index is 830. The average Bonchev–Trinajstić information content (AvgIpc) is 3.08. The van der Waals surface area contributed by atoms with E-state index in [1.807, 2.05) is 30.3 Å². The summed E-state index contributed by atoms with van der Waals surface area (Å²) in [6, 6.07) is 16.4. The van der Waals surface area contributed by atoms with E-state index in [1.165, 1.54) is 0 Å². The van der Waals surface area contributed by atoms with Crippen molar-refractivity contribution in [2.45, 2.75) is 19.4 Å². The first-order valence-electron chi connectivity index (χ1n) is 7.98. The molecule has 25 heavy (non-hydrogen) atoms. The highest BCUT2D eigenvalue weighted by Gasteiger charge is 2.14. The van der Waals surface area contributed by atoms with Crippen molar-refractivity contribution in [3.8, 4) is 5.69 Å². The number of hydrogen-bond donors (Lipinski definition) is 2. The van der Waals surface area contributed by atoms with Gasteiger partial charge in [0.15, 0.2) is 5.82 Å². The van der Waals surface area contributed by atoms with Gasteiger partial charge in [0.2, 0.25) is 0 Å². The molecular weight excluding hydrogens is 318 g/mol. The van der Waals surface area contributed by atoms with Crippen LogP contribution in [0.15, 0.2) is 54.6 Å². The normalized spacial score (nSPS) is 11.9. The fraction of sp³-hybridized carbons (Fsp3) is 0.222. The van der Waals surface area contributed by atoms with Crippen molar-refractivity contribution in [3.05, 3.63) is 71.5 Å². The highest BCUT2D eigenvalue weighted by Crippen LogP contribution is 2.10. The van der Waals surface area contributed by atoms with Gasteiger partial charge in [0.25, 0.3) is 5.91 Å². The van der Waals surface area contributed by atoms with E-state index in [0.29, 0.717) is 17.8 Å². The first-order chi connectivity index (χ1) is 12.2. The molecule has 7 heteroatoms. The molecule has 0 saturated heterocycles. The predicted molar refractivity (Wildman–Crippen MR) is 92.4 cm³/mol. The molecule has 7 nitrogen and oxygen atoms in total. The van der Waals surface area contributed by atoms with Crippen LogP contribution in [-0.4, -0.2) is 43.9 Å². The summed E-state index contributed by atoms with van der Waals surface area (Å²) in [4.78, 5) is 12.4. The summed E-state index contributed by atoms with van der Waals surface area (Å²) in [5.74, 6) is 0.440. The van der Waals surface area contributed by atoms with Gasteiger partial charge in [-0.1, -0.05) is 30.3 Å². The van der Waals surface area contributed by atoms with Gasteiger partial charge in [-0.25, -0.2) is 0 Å². The standard InChI is InChI=1S/C18H19N5O2/c1-13-20-21-22-23(13)17-9-7-15(8-10-17)18(25)19-16(12-24)11-14-5-3-2-4-6-14/h2-10,16,24H,11-12H2,1H3,(H,19,25). The number of benzene rings is 2. The van der Waals surface area contributed by atoms with Crippen LogP contribution in [0.25, 0.3) is 5.69 Å². The molecular formula is C18H19N5O2. The van der Waals surface area contributed by atoms with Crippen LogP contribution in [0.4, 0.5) is 0 Å². The largest absolute Gasteiger partial charge is 0.394 e. The van der Waals surface area contributed by atoms with Gasteiger partial charge in [-0.2, -0.15) is 4.68 Å². The number of carbonyl (C=O) groups is 1. The van der Waals surface area contributed by atoms with Gasteiger partial charge in [-0.3, -0.25) is 4.79 Å². The molecule has 0 radical (unpaired) electrons. The second kappa shape index (κ2) is 7.67. The van der Waals surface area contributed by atoms with E-state index in [4.69, 9.17) is 0 Å². The van der Waals surface area contributed by atoms with Gasteiger partial charge in [0.05, 0.1) is 18.3 Å². The van der Waals surface area contributed by atoms with Crippen molar-refractivity contribution in [2.24, 2.45) is 0 Å². The number of aliphatic hydroxyl groups excluding tert-OH is 1. The maximum absolute atomic E-state index is 12.4. The third-order valence-electron chi connectivity index (χ3n) is 3.88. The van der Waals surface area contributed by atoms with Crippen molar-refractivity contribution < 1.29 is 9.90 Å². The van der Waals surface area contributed by atoms with E-state index in [1.54, 1.807) is 35.9 Å². The zero-order valence-corrected chi connectivity index (χ0v) is 13.8. The number of nitrogens with one attached hydrogen (secondary N) is 1. The lowest BCUT2D eigenvalue weighted by molar-refractivity contribution is 0.0916. The molecule has 0 aliphatic rings. The number of aliphatic hydroxyl groups is 1. The molecule has 1 atom stereocenters. The molecule has 1 unspecified atom stereocenters. The number of nitrogens with zero attached hydrogens (tertiary/aromatic N) is 4. The molecule has 3 aromatic rings. The van der Waals surface area contributed by atoms with Gasteiger partial charge in [0.1, 0.15) is 0 Å². The molecule has 1 amide bonds.